The summed E-state index contributed by atoms with van der Waals surface area (Å²) in [7, 11) is 0. The SMILES string of the molecule is CCC[CH2][Sn]([CH2]CCC)([CH2]CCC)[CH](CCc1ccccc1)OC(=O)c1ccc(C(F)(F)F)cc1. The van der Waals surface area contributed by atoms with Gasteiger partial charge in [-0.3, -0.25) is 0 Å². The number of rotatable bonds is 15. The molecule has 2 aromatic rings. The van der Waals surface area contributed by atoms with Crippen LogP contribution in [0.3, 0.4) is 0 Å². The Labute approximate surface area is 213 Å². The van der Waals surface area contributed by atoms with Crippen molar-refractivity contribution in [2.45, 2.75) is 95.7 Å². The van der Waals surface area contributed by atoms with Crippen LogP contribution in [-0.2, 0) is 17.3 Å². The number of alkyl halides is 3. The zero-order chi connectivity index (χ0) is 25.7. The van der Waals surface area contributed by atoms with E-state index in [-0.39, 0.29) is 9.68 Å². The molecule has 0 saturated carbocycles. The summed E-state index contributed by atoms with van der Waals surface area (Å²) in [6, 6.07) is 14.7. The van der Waals surface area contributed by atoms with E-state index in [2.05, 4.69) is 32.9 Å². The van der Waals surface area contributed by atoms with Gasteiger partial charge < -0.3 is 0 Å². The number of hydrogen-bond acceptors (Lipinski definition) is 2. The average molecular weight is 597 g/mol. The third-order valence-electron chi connectivity index (χ3n) is 7.00. The minimum absolute atomic E-state index is 0.0797. The van der Waals surface area contributed by atoms with Crippen LogP contribution >= 0.6 is 0 Å². The van der Waals surface area contributed by atoms with Crippen LogP contribution in [0.2, 0.25) is 13.3 Å². The van der Waals surface area contributed by atoms with Crippen molar-refractivity contribution in [1.82, 2.24) is 0 Å². The molecule has 2 nitrogen and oxygen atoms in total. The molecule has 0 spiro atoms. The van der Waals surface area contributed by atoms with Crippen LogP contribution in [0.5, 0.6) is 0 Å². The van der Waals surface area contributed by atoms with Crippen molar-refractivity contribution < 1.29 is 22.7 Å². The maximum absolute atomic E-state index is 13.2. The first-order valence-electron chi connectivity index (χ1n) is 13.2. The second-order valence-electron chi connectivity index (χ2n) is 9.67. The third-order valence-corrected chi connectivity index (χ3v) is 23.6. The molecule has 2 rings (SSSR count). The fourth-order valence-corrected chi connectivity index (χ4v) is 22.0. The van der Waals surface area contributed by atoms with Gasteiger partial charge in [-0.1, -0.05) is 0 Å². The summed E-state index contributed by atoms with van der Waals surface area (Å²) >= 11 is -2.96. The van der Waals surface area contributed by atoms with Gasteiger partial charge in [0.1, 0.15) is 0 Å². The molecular formula is C29H41F3O2Sn. The second-order valence-corrected chi connectivity index (χ2v) is 23.6. The first-order valence-corrected chi connectivity index (χ1v) is 20.9. The molecule has 0 aliphatic heterocycles. The van der Waals surface area contributed by atoms with Crippen LogP contribution in [0, 0.1) is 0 Å². The molecule has 2 aromatic carbocycles. The van der Waals surface area contributed by atoms with E-state index < -0.39 is 36.1 Å². The molecule has 0 N–H and O–H groups in total. The van der Waals surface area contributed by atoms with Crippen molar-refractivity contribution in [3.8, 4) is 0 Å². The summed E-state index contributed by atoms with van der Waals surface area (Å²) in [6.45, 7) is 6.64. The second kappa shape index (κ2) is 14.9. The summed E-state index contributed by atoms with van der Waals surface area (Å²) < 4.78 is 48.8. The van der Waals surface area contributed by atoms with Crippen LogP contribution < -0.4 is 0 Å². The number of esters is 1. The molecule has 0 aliphatic rings. The summed E-state index contributed by atoms with van der Waals surface area (Å²) in [5.41, 5.74) is 0.672. The summed E-state index contributed by atoms with van der Waals surface area (Å²) in [6.07, 6.45) is 4.04. The van der Waals surface area contributed by atoms with Crippen LogP contribution in [0.25, 0.3) is 0 Å². The molecule has 0 saturated heterocycles. The Morgan fingerprint density at radius 2 is 1.34 bits per heavy atom. The summed E-state index contributed by atoms with van der Waals surface area (Å²) in [5, 5.41) is 0. The van der Waals surface area contributed by atoms with Crippen LogP contribution in [0.1, 0.15) is 87.2 Å². The van der Waals surface area contributed by atoms with Crippen molar-refractivity contribution in [1.29, 1.82) is 0 Å². The van der Waals surface area contributed by atoms with Gasteiger partial charge in [0.05, 0.1) is 0 Å². The molecule has 0 bridgehead atoms. The normalized spacial score (nSPS) is 13.0. The van der Waals surface area contributed by atoms with Crippen molar-refractivity contribution in [2.24, 2.45) is 0 Å². The molecular weight excluding hydrogens is 556 g/mol. The van der Waals surface area contributed by atoms with Gasteiger partial charge in [0, 0.05) is 0 Å². The van der Waals surface area contributed by atoms with Crippen molar-refractivity contribution in [3.05, 3.63) is 71.3 Å². The van der Waals surface area contributed by atoms with Crippen LogP contribution in [0.15, 0.2) is 54.6 Å². The van der Waals surface area contributed by atoms with Gasteiger partial charge in [0.25, 0.3) is 0 Å². The number of ether oxygens (including phenoxy) is 1. The molecule has 1 unspecified atom stereocenters. The van der Waals surface area contributed by atoms with E-state index in [1.807, 2.05) is 18.2 Å². The zero-order valence-electron chi connectivity index (χ0n) is 21.5. The number of hydrogen-bond donors (Lipinski definition) is 0. The quantitative estimate of drug-likeness (QED) is 0.151. The molecule has 0 aromatic heterocycles. The van der Waals surface area contributed by atoms with Gasteiger partial charge in [0.15, 0.2) is 0 Å². The van der Waals surface area contributed by atoms with Crippen LogP contribution in [-0.4, -0.2) is 28.5 Å². The minimum atomic E-state index is -4.42. The van der Waals surface area contributed by atoms with Crippen molar-refractivity contribution >= 4 is 24.3 Å². The van der Waals surface area contributed by atoms with E-state index in [1.165, 1.54) is 31.0 Å². The number of unbranched alkanes of at least 4 members (excludes halogenated alkanes) is 3. The molecule has 0 radical (unpaired) electrons. The van der Waals surface area contributed by atoms with E-state index in [1.54, 1.807) is 0 Å². The van der Waals surface area contributed by atoms with Gasteiger partial charge in [-0.15, -0.1) is 0 Å². The molecule has 194 valence electrons. The molecule has 1 atom stereocenters. The van der Waals surface area contributed by atoms with Crippen molar-refractivity contribution in [2.75, 3.05) is 0 Å². The third kappa shape index (κ3) is 9.47. The summed E-state index contributed by atoms with van der Waals surface area (Å²) in [5.74, 6) is -0.484. The molecule has 0 fully saturated rings. The van der Waals surface area contributed by atoms with Gasteiger partial charge >= 0.3 is 214 Å². The molecule has 6 heteroatoms. The van der Waals surface area contributed by atoms with Crippen LogP contribution in [0.4, 0.5) is 13.2 Å². The topological polar surface area (TPSA) is 26.3 Å². The fraction of sp³-hybridized carbons (Fsp3) is 0.552. The van der Waals surface area contributed by atoms with E-state index in [0.717, 1.165) is 63.5 Å². The van der Waals surface area contributed by atoms with Gasteiger partial charge in [0.2, 0.25) is 0 Å². The van der Waals surface area contributed by atoms with E-state index in [4.69, 9.17) is 4.74 Å². The predicted molar refractivity (Wildman–Crippen MR) is 140 cm³/mol. The number of carbonyl (C=O) groups is 1. The molecule has 0 amide bonds. The molecule has 0 aliphatic carbocycles. The number of halogens is 3. The Bertz CT molecular complexity index is 844. The Balaban J connectivity index is 2.36. The first kappa shape index (κ1) is 29.7. The average Bonchev–Trinajstić information content (AvgIpc) is 2.86. The molecule has 0 heterocycles. The molecule has 35 heavy (non-hydrogen) atoms. The van der Waals surface area contributed by atoms with Crippen molar-refractivity contribution in [3.63, 3.8) is 0 Å². The number of benzene rings is 2. The number of carbonyl (C=O) groups excluding carboxylic acids is 1. The Kier molecular flexibility index (Phi) is 12.7. The standard InChI is InChI=1S/C17H14F3O2.3C4H9.Sn/c18-17(19,20)15-10-8-14(9-11-15)16(21)22-12-4-7-13-5-2-1-3-6-13;3*1-3-4-2;/h1-3,5-6,8-12H,4,7H2;3*1,3-4H2,2H3;. The van der Waals surface area contributed by atoms with Gasteiger partial charge in [-0.25, -0.2) is 0 Å². The monoisotopic (exact) mass is 598 g/mol. The first-order chi connectivity index (χ1) is 16.8. The van der Waals surface area contributed by atoms with E-state index in [9.17, 15) is 18.0 Å². The van der Waals surface area contributed by atoms with Gasteiger partial charge in [-0.2, -0.15) is 0 Å². The Morgan fingerprint density at radius 3 is 1.80 bits per heavy atom. The zero-order valence-corrected chi connectivity index (χ0v) is 24.4. The van der Waals surface area contributed by atoms with E-state index >= 15 is 0 Å². The maximum atomic E-state index is 13.2. The Hall–Kier alpha value is -1.50. The fourth-order valence-electron chi connectivity index (χ4n) is 4.87. The Morgan fingerprint density at radius 1 is 0.829 bits per heavy atom. The predicted octanol–water partition coefficient (Wildman–Crippen LogP) is 9.25. The number of aryl methyl sites for hydroxylation is 1. The van der Waals surface area contributed by atoms with Gasteiger partial charge in [-0.05, 0) is 0 Å². The van der Waals surface area contributed by atoms with E-state index in [0.29, 0.717) is 0 Å². The summed E-state index contributed by atoms with van der Waals surface area (Å²) in [4.78, 5) is 13.2.